The van der Waals surface area contributed by atoms with Gasteiger partial charge in [-0.1, -0.05) is 36.6 Å². The Labute approximate surface area is 153 Å². The van der Waals surface area contributed by atoms with Gasteiger partial charge in [-0.15, -0.1) is 5.10 Å². The van der Waals surface area contributed by atoms with Crippen LogP contribution in [0.3, 0.4) is 0 Å². The Hall–Kier alpha value is -2.28. The number of hydrogen-bond acceptors (Lipinski definition) is 4. The Morgan fingerprint density at radius 1 is 1.23 bits per heavy atom. The van der Waals surface area contributed by atoms with Gasteiger partial charge in [-0.05, 0) is 44.6 Å². The van der Waals surface area contributed by atoms with E-state index >= 15 is 0 Å². The zero-order valence-corrected chi connectivity index (χ0v) is 15.4. The van der Waals surface area contributed by atoms with E-state index in [0.717, 1.165) is 18.4 Å². The highest BCUT2D eigenvalue weighted by atomic mass is 19.1. The summed E-state index contributed by atoms with van der Waals surface area (Å²) < 4.78 is 14.6. The molecule has 1 aliphatic rings. The van der Waals surface area contributed by atoms with Crippen molar-refractivity contribution in [2.24, 2.45) is 0 Å². The Balaban J connectivity index is 1.60. The third kappa shape index (κ3) is 4.27. The molecule has 0 saturated heterocycles. The van der Waals surface area contributed by atoms with Crippen molar-refractivity contribution in [2.45, 2.75) is 44.2 Å². The first-order valence-corrected chi connectivity index (χ1v) is 9.09. The zero-order valence-electron chi connectivity index (χ0n) is 15.4. The van der Waals surface area contributed by atoms with Gasteiger partial charge in [0.1, 0.15) is 5.82 Å². The predicted octanol–water partition coefficient (Wildman–Crippen LogP) is 2.46. The minimum absolute atomic E-state index is 0.0258. The molecule has 1 N–H and O–H groups in total. The molecule has 2 aromatic rings. The van der Waals surface area contributed by atoms with Crippen LogP contribution in [-0.2, 0) is 6.54 Å². The number of carbonyl (C=O) groups excluding carboxylic acids is 1. The number of rotatable bonds is 6. The van der Waals surface area contributed by atoms with Gasteiger partial charge in [-0.25, -0.2) is 9.07 Å². The molecular weight excluding hydrogens is 333 g/mol. The first-order chi connectivity index (χ1) is 12.5. The monoisotopic (exact) mass is 359 g/mol. The number of nitrogens with one attached hydrogen (secondary N) is 1. The molecule has 0 radical (unpaired) electrons. The van der Waals surface area contributed by atoms with Crippen LogP contribution in [0.2, 0.25) is 0 Å². The number of amides is 1. The molecule has 1 amide bonds. The Bertz CT molecular complexity index is 735. The third-order valence-electron chi connectivity index (χ3n) is 5.34. The van der Waals surface area contributed by atoms with Crippen molar-refractivity contribution in [3.05, 3.63) is 47.5 Å². The Morgan fingerprint density at radius 3 is 2.58 bits per heavy atom. The van der Waals surface area contributed by atoms with Gasteiger partial charge in [-0.2, -0.15) is 0 Å². The minimum Gasteiger partial charge on any atom is -0.349 e. The van der Waals surface area contributed by atoms with Crippen molar-refractivity contribution in [3.63, 3.8) is 0 Å². The van der Waals surface area contributed by atoms with Crippen LogP contribution in [0.1, 0.15) is 48.2 Å². The molecule has 26 heavy (non-hydrogen) atoms. The number of nitrogens with zero attached hydrogens (tertiary/aromatic N) is 4. The maximum absolute atomic E-state index is 13.0. The van der Waals surface area contributed by atoms with E-state index in [1.807, 2.05) is 0 Å². The lowest BCUT2D eigenvalue weighted by Gasteiger charge is -2.43. The molecule has 7 heteroatoms. The summed E-state index contributed by atoms with van der Waals surface area (Å²) in [5, 5.41) is 11.0. The largest absolute Gasteiger partial charge is 0.349 e. The number of halogens is 1. The number of likely N-dealkylation sites (N-methyl/N-ethyl adjacent to an activating group) is 1. The number of benzene rings is 1. The van der Waals surface area contributed by atoms with Crippen LogP contribution >= 0.6 is 0 Å². The highest BCUT2D eigenvalue weighted by molar-refractivity contribution is 5.91. The number of hydrogen-bond donors (Lipinski definition) is 1. The van der Waals surface area contributed by atoms with Crippen LogP contribution < -0.4 is 5.32 Å². The quantitative estimate of drug-likeness (QED) is 0.861. The van der Waals surface area contributed by atoms with Crippen molar-refractivity contribution < 1.29 is 9.18 Å². The molecule has 1 heterocycles. The van der Waals surface area contributed by atoms with E-state index < -0.39 is 0 Å². The molecular formula is C19H26FN5O. The van der Waals surface area contributed by atoms with E-state index in [1.165, 1.54) is 31.4 Å². The van der Waals surface area contributed by atoms with Crippen molar-refractivity contribution in [1.82, 2.24) is 25.2 Å². The SMILES string of the molecule is CN(C)C1(CNC(=O)c2cn(Cc3ccc(F)cc3)nn2)CCCCC1. The molecule has 0 aliphatic heterocycles. The van der Waals surface area contributed by atoms with Crippen LogP contribution in [-0.4, -0.2) is 52.0 Å². The highest BCUT2D eigenvalue weighted by Crippen LogP contribution is 2.31. The topological polar surface area (TPSA) is 63.1 Å². The Morgan fingerprint density at radius 2 is 1.92 bits per heavy atom. The summed E-state index contributed by atoms with van der Waals surface area (Å²) in [4.78, 5) is 14.7. The summed E-state index contributed by atoms with van der Waals surface area (Å²) in [6.45, 7) is 1.06. The summed E-state index contributed by atoms with van der Waals surface area (Å²) in [7, 11) is 4.16. The second kappa shape index (κ2) is 7.95. The molecule has 0 atom stereocenters. The fraction of sp³-hybridized carbons (Fsp3) is 0.526. The number of carbonyl (C=O) groups is 1. The molecule has 1 aliphatic carbocycles. The fourth-order valence-corrected chi connectivity index (χ4v) is 3.58. The van der Waals surface area contributed by atoms with E-state index in [4.69, 9.17) is 0 Å². The van der Waals surface area contributed by atoms with Crippen LogP contribution in [0.4, 0.5) is 4.39 Å². The highest BCUT2D eigenvalue weighted by Gasteiger charge is 2.34. The fourth-order valence-electron chi connectivity index (χ4n) is 3.58. The minimum atomic E-state index is -0.273. The smallest absolute Gasteiger partial charge is 0.273 e. The van der Waals surface area contributed by atoms with Crippen LogP contribution in [0, 0.1) is 5.82 Å². The van der Waals surface area contributed by atoms with E-state index in [2.05, 4.69) is 34.6 Å². The van der Waals surface area contributed by atoms with Crippen LogP contribution in [0.5, 0.6) is 0 Å². The predicted molar refractivity (Wildman–Crippen MR) is 97.4 cm³/mol. The first-order valence-electron chi connectivity index (χ1n) is 9.09. The average molecular weight is 359 g/mol. The van der Waals surface area contributed by atoms with Gasteiger partial charge in [0, 0.05) is 12.1 Å². The summed E-state index contributed by atoms with van der Waals surface area (Å²) in [6, 6.07) is 6.21. The van der Waals surface area contributed by atoms with Gasteiger partial charge in [0.2, 0.25) is 0 Å². The second-order valence-corrected chi connectivity index (χ2v) is 7.29. The van der Waals surface area contributed by atoms with Crippen LogP contribution in [0.15, 0.2) is 30.5 Å². The molecule has 3 rings (SSSR count). The van der Waals surface area contributed by atoms with Gasteiger partial charge >= 0.3 is 0 Å². The summed E-state index contributed by atoms with van der Waals surface area (Å²) in [5.74, 6) is -0.480. The number of aromatic nitrogens is 3. The normalized spacial score (nSPS) is 16.6. The maximum Gasteiger partial charge on any atom is 0.273 e. The summed E-state index contributed by atoms with van der Waals surface area (Å²) >= 11 is 0. The third-order valence-corrected chi connectivity index (χ3v) is 5.34. The molecule has 1 fully saturated rings. The van der Waals surface area contributed by atoms with Crippen molar-refractivity contribution in [1.29, 1.82) is 0 Å². The molecule has 1 aromatic heterocycles. The average Bonchev–Trinajstić information content (AvgIpc) is 3.11. The van der Waals surface area contributed by atoms with Crippen molar-refractivity contribution in [3.8, 4) is 0 Å². The van der Waals surface area contributed by atoms with Gasteiger partial charge in [0.15, 0.2) is 5.69 Å². The second-order valence-electron chi connectivity index (χ2n) is 7.29. The van der Waals surface area contributed by atoms with E-state index in [0.29, 0.717) is 18.8 Å². The van der Waals surface area contributed by atoms with Gasteiger partial charge < -0.3 is 10.2 Å². The van der Waals surface area contributed by atoms with Crippen molar-refractivity contribution >= 4 is 5.91 Å². The lowest BCUT2D eigenvalue weighted by atomic mass is 9.80. The zero-order chi connectivity index (χ0) is 18.6. The van der Waals surface area contributed by atoms with Crippen LogP contribution in [0.25, 0.3) is 0 Å². The first kappa shape index (κ1) is 18.5. The Kier molecular flexibility index (Phi) is 5.66. The maximum atomic E-state index is 13.0. The molecule has 0 unspecified atom stereocenters. The van der Waals surface area contributed by atoms with E-state index in [1.54, 1.807) is 23.0 Å². The molecule has 140 valence electrons. The lowest BCUT2D eigenvalue weighted by Crippen LogP contribution is -2.53. The summed E-state index contributed by atoms with van der Waals surface area (Å²) in [5.41, 5.74) is 1.23. The van der Waals surface area contributed by atoms with E-state index in [9.17, 15) is 9.18 Å². The van der Waals surface area contributed by atoms with E-state index in [-0.39, 0.29) is 17.3 Å². The molecule has 0 bridgehead atoms. The van der Waals surface area contributed by atoms with Gasteiger partial charge in [-0.3, -0.25) is 4.79 Å². The molecule has 6 nitrogen and oxygen atoms in total. The molecule has 0 spiro atoms. The standard InChI is InChI=1S/C19H26FN5O/c1-24(2)19(10-4-3-5-11-19)14-21-18(26)17-13-25(23-22-17)12-15-6-8-16(20)9-7-15/h6-9,13H,3-5,10-12,14H2,1-2H3,(H,21,26). The molecule has 1 saturated carbocycles. The van der Waals surface area contributed by atoms with Gasteiger partial charge in [0.05, 0.1) is 12.7 Å². The van der Waals surface area contributed by atoms with Crippen molar-refractivity contribution in [2.75, 3.05) is 20.6 Å². The summed E-state index contributed by atoms with van der Waals surface area (Å²) in [6.07, 6.45) is 7.47. The van der Waals surface area contributed by atoms with Gasteiger partial charge in [0.25, 0.3) is 5.91 Å². The lowest BCUT2D eigenvalue weighted by molar-refractivity contribution is 0.0796. The molecule has 1 aromatic carbocycles.